The minimum atomic E-state index is -3.11. The van der Waals surface area contributed by atoms with E-state index < -0.39 is 21.8 Å². The number of aryl methyl sites for hydroxylation is 2. The van der Waals surface area contributed by atoms with Crippen molar-refractivity contribution in [2.75, 3.05) is 23.4 Å². The highest BCUT2D eigenvalue weighted by Crippen LogP contribution is 2.22. The van der Waals surface area contributed by atoms with Gasteiger partial charge in [0.15, 0.2) is 9.84 Å². The Hall–Kier alpha value is -1.56. The lowest BCUT2D eigenvalue weighted by Gasteiger charge is -2.19. The van der Waals surface area contributed by atoms with Crippen molar-refractivity contribution in [1.82, 2.24) is 0 Å². The first kappa shape index (κ1) is 18.5. The monoisotopic (exact) mass is 327 g/mol. The predicted molar refractivity (Wildman–Crippen MR) is 88.9 cm³/mol. The molecular formula is C16H25NO4S. The number of nitrogens with one attached hydrogen (secondary N) is 1. The number of rotatable bonds is 8. The number of esters is 1. The van der Waals surface area contributed by atoms with Gasteiger partial charge in [0.1, 0.15) is 12.6 Å². The number of carbonyl (C=O) groups is 1. The number of hydrogen-bond donors (Lipinski definition) is 1. The van der Waals surface area contributed by atoms with Crippen LogP contribution in [0.1, 0.15) is 31.9 Å². The lowest BCUT2D eigenvalue weighted by Crippen LogP contribution is -2.30. The molecule has 0 bridgehead atoms. The van der Waals surface area contributed by atoms with Gasteiger partial charge in [-0.1, -0.05) is 32.0 Å². The summed E-state index contributed by atoms with van der Waals surface area (Å²) in [7, 11) is -3.11. The number of ether oxygens (including phenoxy) is 1. The minimum absolute atomic E-state index is 0.0570. The Morgan fingerprint density at radius 1 is 1.32 bits per heavy atom. The summed E-state index contributed by atoms with van der Waals surface area (Å²) in [6, 6.07) is 5.45. The highest BCUT2D eigenvalue weighted by atomic mass is 32.2. The zero-order valence-corrected chi connectivity index (χ0v) is 14.5. The second-order valence-corrected chi connectivity index (χ2v) is 7.71. The molecule has 0 aromatic heterocycles. The van der Waals surface area contributed by atoms with Gasteiger partial charge < -0.3 is 10.1 Å². The first-order valence-electron chi connectivity index (χ1n) is 7.52. The molecule has 0 saturated heterocycles. The third kappa shape index (κ3) is 5.33. The molecule has 1 N–H and O–H groups in total. The molecule has 0 aliphatic rings. The first-order valence-corrected chi connectivity index (χ1v) is 9.35. The molecule has 1 aromatic carbocycles. The predicted octanol–water partition coefficient (Wildman–Crippen LogP) is 2.34. The quantitative estimate of drug-likeness (QED) is 0.742. The standard InChI is InChI=1S/C16H25NO4S/c1-5-14-9-7-8-12(3)15(14)17-13(4)16(18)21-10-11-22(19,20)6-2/h7-9,13,17H,5-6,10-11H2,1-4H3/t13-/m0/s1. The van der Waals surface area contributed by atoms with Crippen molar-refractivity contribution >= 4 is 21.5 Å². The number of para-hydroxylation sites is 1. The molecule has 0 fully saturated rings. The van der Waals surface area contributed by atoms with Crippen LogP contribution in [0.25, 0.3) is 0 Å². The summed E-state index contributed by atoms with van der Waals surface area (Å²) < 4.78 is 27.8. The van der Waals surface area contributed by atoms with Crippen LogP contribution in [0.3, 0.4) is 0 Å². The summed E-state index contributed by atoms with van der Waals surface area (Å²) in [6.45, 7) is 7.22. The minimum Gasteiger partial charge on any atom is -0.463 e. The molecular weight excluding hydrogens is 302 g/mol. The van der Waals surface area contributed by atoms with Gasteiger partial charge in [0.2, 0.25) is 0 Å². The topological polar surface area (TPSA) is 72.5 Å². The highest BCUT2D eigenvalue weighted by molar-refractivity contribution is 7.91. The van der Waals surface area contributed by atoms with E-state index in [1.54, 1.807) is 13.8 Å². The van der Waals surface area contributed by atoms with Crippen molar-refractivity contribution in [1.29, 1.82) is 0 Å². The summed E-state index contributed by atoms with van der Waals surface area (Å²) in [5.41, 5.74) is 3.14. The van der Waals surface area contributed by atoms with Crippen LogP contribution in [0, 0.1) is 6.92 Å². The molecule has 0 amide bonds. The third-order valence-electron chi connectivity index (χ3n) is 3.53. The Kier molecular flexibility index (Phi) is 6.87. The maximum atomic E-state index is 12.0. The highest BCUT2D eigenvalue weighted by Gasteiger charge is 2.17. The summed E-state index contributed by atoms with van der Waals surface area (Å²) in [6.07, 6.45) is 0.862. The molecule has 0 unspecified atom stereocenters. The van der Waals surface area contributed by atoms with Crippen molar-refractivity contribution in [2.45, 2.75) is 40.2 Å². The largest absolute Gasteiger partial charge is 0.463 e. The van der Waals surface area contributed by atoms with E-state index in [1.165, 1.54) is 0 Å². The summed E-state index contributed by atoms with van der Waals surface area (Å²) in [5, 5.41) is 3.17. The lowest BCUT2D eigenvalue weighted by molar-refractivity contribution is -0.143. The van der Waals surface area contributed by atoms with E-state index in [-0.39, 0.29) is 18.1 Å². The zero-order chi connectivity index (χ0) is 16.8. The van der Waals surface area contributed by atoms with Crippen molar-refractivity contribution in [3.63, 3.8) is 0 Å². The second-order valence-electron chi connectivity index (χ2n) is 5.23. The van der Waals surface area contributed by atoms with Crippen LogP contribution in [0.5, 0.6) is 0 Å². The molecule has 0 aliphatic heterocycles. The first-order chi connectivity index (χ1) is 10.3. The summed E-state index contributed by atoms with van der Waals surface area (Å²) in [4.78, 5) is 12.0. The summed E-state index contributed by atoms with van der Waals surface area (Å²) in [5.74, 6) is -0.523. The normalized spacial score (nSPS) is 12.7. The third-order valence-corrected chi connectivity index (χ3v) is 5.20. The molecule has 5 nitrogen and oxygen atoms in total. The SMILES string of the molecule is CCc1cccc(C)c1N[C@@H](C)C(=O)OCCS(=O)(=O)CC. The number of benzene rings is 1. The fourth-order valence-electron chi connectivity index (χ4n) is 2.04. The number of sulfone groups is 1. The van der Waals surface area contributed by atoms with Gasteiger partial charge in [0.25, 0.3) is 0 Å². The zero-order valence-electron chi connectivity index (χ0n) is 13.7. The van der Waals surface area contributed by atoms with E-state index in [0.29, 0.717) is 0 Å². The lowest BCUT2D eigenvalue weighted by atomic mass is 10.1. The Morgan fingerprint density at radius 2 is 2.00 bits per heavy atom. The Morgan fingerprint density at radius 3 is 2.59 bits per heavy atom. The summed E-state index contributed by atoms with van der Waals surface area (Å²) >= 11 is 0. The fraction of sp³-hybridized carbons (Fsp3) is 0.562. The molecule has 1 aromatic rings. The van der Waals surface area contributed by atoms with E-state index >= 15 is 0 Å². The maximum absolute atomic E-state index is 12.0. The molecule has 0 aliphatic carbocycles. The molecule has 6 heteroatoms. The molecule has 22 heavy (non-hydrogen) atoms. The molecule has 124 valence electrons. The molecule has 0 radical (unpaired) electrons. The smallest absolute Gasteiger partial charge is 0.328 e. The van der Waals surface area contributed by atoms with Crippen molar-refractivity contribution in [2.24, 2.45) is 0 Å². The van der Waals surface area contributed by atoms with Gasteiger partial charge in [-0.15, -0.1) is 0 Å². The average Bonchev–Trinajstić information content (AvgIpc) is 2.48. The number of anilines is 1. The Labute approximate surface area is 133 Å². The van der Waals surface area contributed by atoms with Crippen LogP contribution < -0.4 is 5.32 Å². The van der Waals surface area contributed by atoms with Gasteiger partial charge >= 0.3 is 5.97 Å². The van der Waals surface area contributed by atoms with Gasteiger partial charge in [-0.3, -0.25) is 0 Å². The van der Waals surface area contributed by atoms with Crippen molar-refractivity contribution in [3.05, 3.63) is 29.3 Å². The van der Waals surface area contributed by atoms with E-state index in [2.05, 4.69) is 12.2 Å². The van der Waals surface area contributed by atoms with Crippen LogP contribution in [0.4, 0.5) is 5.69 Å². The average molecular weight is 327 g/mol. The van der Waals surface area contributed by atoms with Crippen LogP contribution in [-0.4, -0.2) is 38.5 Å². The van der Waals surface area contributed by atoms with E-state index in [9.17, 15) is 13.2 Å². The number of carbonyl (C=O) groups excluding carboxylic acids is 1. The van der Waals surface area contributed by atoms with Gasteiger partial charge in [-0.2, -0.15) is 0 Å². The molecule has 0 saturated carbocycles. The van der Waals surface area contributed by atoms with Crippen LogP contribution in [0.2, 0.25) is 0 Å². The molecule has 1 atom stereocenters. The second kappa shape index (κ2) is 8.17. The van der Waals surface area contributed by atoms with Crippen molar-refractivity contribution in [3.8, 4) is 0 Å². The Bertz CT molecular complexity index is 611. The maximum Gasteiger partial charge on any atom is 0.328 e. The van der Waals surface area contributed by atoms with Crippen LogP contribution in [-0.2, 0) is 25.8 Å². The van der Waals surface area contributed by atoms with Gasteiger partial charge in [0.05, 0.1) is 5.75 Å². The van der Waals surface area contributed by atoms with Gasteiger partial charge in [0, 0.05) is 11.4 Å². The van der Waals surface area contributed by atoms with E-state index in [1.807, 2.05) is 25.1 Å². The van der Waals surface area contributed by atoms with Gasteiger partial charge in [-0.25, -0.2) is 13.2 Å². The molecule has 1 rings (SSSR count). The number of hydrogen-bond acceptors (Lipinski definition) is 5. The Balaban J connectivity index is 2.62. The molecule has 0 spiro atoms. The van der Waals surface area contributed by atoms with Crippen LogP contribution in [0.15, 0.2) is 18.2 Å². The van der Waals surface area contributed by atoms with E-state index in [4.69, 9.17) is 4.74 Å². The molecule has 0 heterocycles. The van der Waals surface area contributed by atoms with Crippen LogP contribution >= 0.6 is 0 Å². The van der Waals surface area contributed by atoms with E-state index in [0.717, 1.165) is 23.2 Å². The van der Waals surface area contributed by atoms with Gasteiger partial charge in [-0.05, 0) is 31.4 Å². The van der Waals surface area contributed by atoms with Crippen molar-refractivity contribution < 1.29 is 17.9 Å². The fourth-order valence-corrected chi connectivity index (χ4v) is 2.67.